The Morgan fingerprint density at radius 3 is 2.17 bits per heavy atom. The lowest BCUT2D eigenvalue weighted by Crippen LogP contribution is -2.22. The number of methoxy groups -OCH3 is 1. The van der Waals surface area contributed by atoms with E-state index in [1.807, 2.05) is 42.5 Å². The molecule has 3 rings (SSSR count). The van der Waals surface area contributed by atoms with Crippen LogP contribution < -0.4 is 25.3 Å². The predicted octanol–water partition coefficient (Wildman–Crippen LogP) is 4.96. The topological polar surface area (TPSA) is 107 Å². The van der Waals surface area contributed by atoms with Gasteiger partial charge in [-0.1, -0.05) is 30.3 Å². The maximum absolute atomic E-state index is 12.5. The molecule has 0 aliphatic rings. The van der Waals surface area contributed by atoms with E-state index >= 15 is 0 Å². The van der Waals surface area contributed by atoms with Crippen molar-refractivity contribution >= 4 is 24.1 Å². The molecule has 0 aliphatic heterocycles. The Balaban J connectivity index is 0.00000432. The highest BCUT2D eigenvalue weighted by atomic mass is 35.5. The van der Waals surface area contributed by atoms with Crippen molar-refractivity contribution in [1.82, 2.24) is 5.32 Å². The largest absolute Gasteiger partial charge is 0.494 e. The first-order valence-electron chi connectivity index (χ1n) is 11.3. The fraction of sp³-hybridized carbons (Fsp3) is 0.259. The molecule has 0 bridgehead atoms. The van der Waals surface area contributed by atoms with E-state index in [9.17, 15) is 4.79 Å². The Bertz CT molecular complexity index is 1080. The summed E-state index contributed by atoms with van der Waals surface area (Å²) in [5, 5.41) is 10.3. The van der Waals surface area contributed by atoms with Crippen LogP contribution in [0.25, 0.3) is 0 Å². The van der Waals surface area contributed by atoms with Gasteiger partial charge in [0.15, 0.2) is 11.5 Å². The van der Waals surface area contributed by atoms with Crippen molar-refractivity contribution in [3.05, 3.63) is 89.5 Å². The number of carbonyl (C=O) groups is 1. The Morgan fingerprint density at radius 2 is 1.51 bits per heavy atom. The van der Waals surface area contributed by atoms with Gasteiger partial charge < -0.3 is 25.3 Å². The fourth-order valence-corrected chi connectivity index (χ4v) is 3.29. The number of hydrogen-bond acceptors (Lipinski definition) is 5. The number of amidine groups is 1. The Kier molecular flexibility index (Phi) is 11.4. The van der Waals surface area contributed by atoms with E-state index in [4.69, 9.17) is 25.4 Å². The number of amides is 1. The molecule has 0 radical (unpaired) electrons. The van der Waals surface area contributed by atoms with Crippen LogP contribution in [0.15, 0.2) is 72.8 Å². The summed E-state index contributed by atoms with van der Waals surface area (Å²) in [6, 6.07) is 22.2. The normalized spacial score (nSPS) is 10.1. The molecule has 0 heterocycles. The molecular formula is C27H32ClN3O4. The third-order valence-electron chi connectivity index (χ3n) is 5.20. The molecule has 0 saturated heterocycles. The van der Waals surface area contributed by atoms with E-state index in [0.29, 0.717) is 42.4 Å². The molecule has 186 valence electrons. The highest BCUT2D eigenvalue weighted by Crippen LogP contribution is 2.28. The van der Waals surface area contributed by atoms with Crippen LogP contribution in [0.4, 0.5) is 0 Å². The number of ether oxygens (including phenoxy) is 3. The predicted molar refractivity (Wildman–Crippen MR) is 140 cm³/mol. The van der Waals surface area contributed by atoms with E-state index in [0.717, 1.165) is 30.6 Å². The first-order chi connectivity index (χ1) is 16.6. The number of halogens is 1. The van der Waals surface area contributed by atoms with Gasteiger partial charge >= 0.3 is 0 Å². The zero-order valence-corrected chi connectivity index (χ0v) is 20.6. The van der Waals surface area contributed by atoms with Crippen molar-refractivity contribution in [2.24, 2.45) is 5.73 Å². The summed E-state index contributed by atoms with van der Waals surface area (Å²) in [7, 11) is 1.56. The molecule has 4 N–H and O–H groups in total. The standard InChI is InChI=1S/C27H31N3O4.ClH/c1-32-25-18-22(27(31)30-19-20-8-4-2-5-9-20)12-15-24(25)34-17-7-3-6-16-33-23-13-10-21(11-14-23)26(28)29;/h2,4-5,8-15,18H,3,6-7,16-17,19H2,1H3,(H3,28,29)(H,30,31);1H. The van der Waals surface area contributed by atoms with Crippen LogP contribution in [0.1, 0.15) is 40.7 Å². The van der Waals surface area contributed by atoms with Crippen molar-refractivity contribution in [3.8, 4) is 17.2 Å². The summed E-state index contributed by atoms with van der Waals surface area (Å²) >= 11 is 0. The molecule has 0 fully saturated rings. The second-order valence-corrected chi connectivity index (χ2v) is 7.73. The van der Waals surface area contributed by atoms with Crippen molar-refractivity contribution in [3.63, 3.8) is 0 Å². The summed E-state index contributed by atoms with van der Waals surface area (Å²) < 4.78 is 17.0. The maximum atomic E-state index is 12.5. The SMILES string of the molecule is COc1cc(C(=O)NCc2ccccc2)ccc1OCCCCCOc1ccc(C(=N)N)cc1.Cl. The van der Waals surface area contributed by atoms with E-state index in [-0.39, 0.29) is 24.1 Å². The van der Waals surface area contributed by atoms with Gasteiger partial charge in [-0.3, -0.25) is 10.2 Å². The zero-order chi connectivity index (χ0) is 24.2. The number of nitrogens with two attached hydrogens (primary N) is 1. The molecular weight excluding hydrogens is 466 g/mol. The van der Waals surface area contributed by atoms with Crippen LogP contribution in [0.5, 0.6) is 17.2 Å². The Morgan fingerprint density at radius 1 is 0.857 bits per heavy atom. The second-order valence-electron chi connectivity index (χ2n) is 7.73. The zero-order valence-electron chi connectivity index (χ0n) is 19.8. The number of benzene rings is 3. The summed E-state index contributed by atoms with van der Waals surface area (Å²) in [6.45, 7) is 1.62. The third-order valence-corrected chi connectivity index (χ3v) is 5.20. The lowest BCUT2D eigenvalue weighted by Gasteiger charge is -2.12. The molecule has 7 nitrogen and oxygen atoms in total. The highest BCUT2D eigenvalue weighted by Gasteiger charge is 2.11. The quantitative estimate of drug-likeness (QED) is 0.176. The first kappa shape index (κ1) is 27.5. The molecule has 0 aromatic heterocycles. The van der Waals surface area contributed by atoms with Gasteiger partial charge in [0.05, 0.1) is 20.3 Å². The van der Waals surface area contributed by atoms with Crippen molar-refractivity contribution in [1.29, 1.82) is 5.41 Å². The molecule has 35 heavy (non-hydrogen) atoms. The van der Waals surface area contributed by atoms with E-state index in [2.05, 4.69) is 5.32 Å². The van der Waals surface area contributed by atoms with Gasteiger partial charge in [-0.05, 0) is 67.3 Å². The molecule has 3 aromatic rings. The Labute approximate surface area is 212 Å². The van der Waals surface area contributed by atoms with Crippen molar-refractivity contribution in [2.45, 2.75) is 25.8 Å². The summed E-state index contributed by atoms with van der Waals surface area (Å²) in [4.78, 5) is 12.5. The third kappa shape index (κ3) is 8.87. The molecule has 0 spiro atoms. The average Bonchev–Trinajstić information content (AvgIpc) is 2.87. The summed E-state index contributed by atoms with van der Waals surface area (Å²) in [5.74, 6) is 1.79. The Hall–Kier alpha value is -3.71. The van der Waals surface area contributed by atoms with Gasteiger partial charge in [0.1, 0.15) is 11.6 Å². The fourth-order valence-electron chi connectivity index (χ4n) is 3.29. The van der Waals surface area contributed by atoms with Gasteiger partial charge in [-0.2, -0.15) is 0 Å². The maximum Gasteiger partial charge on any atom is 0.251 e. The van der Waals surface area contributed by atoms with Gasteiger partial charge in [-0.15, -0.1) is 12.4 Å². The van der Waals surface area contributed by atoms with Crippen LogP contribution in [0.3, 0.4) is 0 Å². The van der Waals surface area contributed by atoms with Crippen molar-refractivity contribution < 1.29 is 19.0 Å². The number of carbonyl (C=O) groups excluding carboxylic acids is 1. The number of unbranched alkanes of at least 4 members (excludes halogenated alkanes) is 2. The van der Waals surface area contributed by atoms with E-state index < -0.39 is 0 Å². The van der Waals surface area contributed by atoms with Gasteiger partial charge in [0.2, 0.25) is 0 Å². The molecule has 0 unspecified atom stereocenters. The van der Waals surface area contributed by atoms with Gasteiger partial charge in [0.25, 0.3) is 5.91 Å². The van der Waals surface area contributed by atoms with E-state index in [1.54, 1.807) is 37.4 Å². The molecule has 8 heteroatoms. The van der Waals surface area contributed by atoms with Gasteiger partial charge in [-0.25, -0.2) is 0 Å². The molecule has 3 aromatic carbocycles. The molecule has 0 atom stereocenters. The van der Waals surface area contributed by atoms with Crippen LogP contribution in [-0.4, -0.2) is 32.1 Å². The lowest BCUT2D eigenvalue weighted by atomic mass is 10.1. The highest BCUT2D eigenvalue weighted by molar-refractivity contribution is 5.95. The first-order valence-corrected chi connectivity index (χ1v) is 11.3. The summed E-state index contributed by atoms with van der Waals surface area (Å²) in [6.07, 6.45) is 2.72. The molecule has 0 saturated carbocycles. The van der Waals surface area contributed by atoms with Crippen LogP contribution in [0.2, 0.25) is 0 Å². The molecule has 1 amide bonds. The number of nitrogens with one attached hydrogen (secondary N) is 2. The minimum atomic E-state index is -0.162. The number of rotatable bonds is 13. The summed E-state index contributed by atoms with van der Waals surface area (Å²) in [5.41, 5.74) is 7.69. The van der Waals surface area contributed by atoms with Crippen LogP contribution in [0, 0.1) is 5.41 Å². The van der Waals surface area contributed by atoms with Crippen LogP contribution >= 0.6 is 12.4 Å². The number of hydrogen-bond donors (Lipinski definition) is 3. The minimum Gasteiger partial charge on any atom is -0.494 e. The monoisotopic (exact) mass is 497 g/mol. The number of nitrogen functional groups attached to an aromatic ring is 1. The average molecular weight is 498 g/mol. The second kappa shape index (κ2) is 14.5. The minimum absolute atomic E-state index is 0. The lowest BCUT2D eigenvalue weighted by molar-refractivity contribution is 0.0950. The van der Waals surface area contributed by atoms with Crippen LogP contribution in [-0.2, 0) is 6.54 Å². The molecule has 0 aliphatic carbocycles. The van der Waals surface area contributed by atoms with Crippen molar-refractivity contribution in [2.75, 3.05) is 20.3 Å². The smallest absolute Gasteiger partial charge is 0.251 e. The van der Waals surface area contributed by atoms with Gasteiger partial charge in [0, 0.05) is 17.7 Å². The van der Waals surface area contributed by atoms with E-state index in [1.165, 1.54) is 0 Å².